The predicted molar refractivity (Wildman–Crippen MR) is 52.2 cm³/mol. The number of ether oxygens (including phenoxy) is 1. The molecule has 1 aliphatic rings. The Kier molecular flexibility index (Phi) is 3.16. The van der Waals surface area contributed by atoms with Crippen molar-refractivity contribution in [2.45, 2.75) is 52.1 Å². The topological polar surface area (TPSA) is 9.23 Å². The normalized spacial score (nSPS) is 32.0. The van der Waals surface area contributed by atoms with Crippen LogP contribution in [-0.2, 0) is 4.74 Å². The van der Waals surface area contributed by atoms with Gasteiger partial charge in [0.25, 0.3) is 0 Å². The quantitative estimate of drug-likeness (QED) is 0.618. The zero-order valence-corrected chi connectivity index (χ0v) is 8.89. The Morgan fingerprint density at radius 3 is 2.42 bits per heavy atom. The minimum Gasteiger partial charge on any atom is -0.379 e. The molecule has 0 saturated heterocycles. The van der Waals surface area contributed by atoms with Crippen LogP contribution in [-0.4, -0.2) is 12.7 Å². The van der Waals surface area contributed by atoms with Crippen LogP contribution in [0.2, 0.25) is 0 Å². The van der Waals surface area contributed by atoms with E-state index in [1.54, 1.807) is 0 Å². The molecule has 0 heterocycles. The standard InChI is InChI=1S/C11H22O/c1-9-6-5-7-10(8-9)11(2,3)12-4/h9-10H,5-8H2,1-4H3. The molecule has 1 heteroatoms. The molecule has 0 aromatic rings. The molecule has 0 N–H and O–H groups in total. The van der Waals surface area contributed by atoms with Crippen molar-refractivity contribution in [2.75, 3.05) is 7.11 Å². The summed E-state index contributed by atoms with van der Waals surface area (Å²) in [5, 5.41) is 0. The fraction of sp³-hybridized carbons (Fsp3) is 1.00. The van der Waals surface area contributed by atoms with Gasteiger partial charge in [-0.1, -0.05) is 19.8 Å². The first-order valence-corrected chi connectivity index (χ1v) is 5.11. The predicted octanol–water partition coefficient (Wildman–Crippen LogP) is 3.24. The van der Waals surface area contributed by atoms with E-state index in [1.807, 2.05) is 7.11 Å². The molecule has 1 rings (SSSR count). The van der Waals surface area contributed by atoms with Gasteiger partial charge in [0.2, 0.25) is 0 Å². The highest BCUT2D eigenvalue weighted by Gasteiger charge is 2.32. The zero-order valence-electron chi connectivity index (χ0n) is 8.89. The second-order valence-electron chi connectivity index (χ2n) is 4.78. The van der Waals surface area contributed by atoms with Crippen molar-refractivity contribution in [3.05, 3.63) is 0 Å². The fourth-order valence-electron chi connectivity index (χ4n) is 2.23. The summed E-state index contributed by atoms with van der Waals surface area (Å²) in [7, 11) is 1.83. The van der Waals surface area contributed by atoms with Gasteiger partial charge in [0.1, 0.15) is 0 Å². The van der Waals surface area contributed by atoms with Gasteiger partial charge in [-0.2, -0.15) is 0 Å². The van der Waals surface area contributed by atoms with Crippen LogP contribution in [0.25, 0.3) is 0 Å². The highest BCUT2D eigenvalue weighted by atomic mass is 16.5. The van der Waals surface area contributed by atoms with Gasteiger partial charge in [-0.15, -0.1) is 0 Å². The molecule has 1 nitrogen and oxygen atoms in total. The van der Waals surface area contributed by atoms with Crippen molar-refractivity contribution in [1.29, 1.82) is 0 Å². The summed E-state index contributed by atoms with van der Waals surface area (Å²) < 4.78 is 5.53. The van der Waals surface area contributed by atoms with Gasteiger partial charge in [0.15, 0.2) is 0 Å². The Hall–Kier alpha value is -0.0400. The van der Waals surface area contributed by atoms with E-state index in [0.717, 1.165) is 11.8 Å². The molecule has 0 bridgehead atoms. The number of methoxy groups -OCH3 is 1. The van der Waals surface area contributed by atoms with E-state index in [4.69, 9.17) is 4.74 Å². The molecule has 1 saturated carbocycles. The van der Waals surface area contributed by atoms with E-state index in [-0.39, 0.29) is 5.60 Å². The van der Waals surface area contributed by atoms with Crippen molar-refractivity contribution in [2.24, 2.45) is 11.8 Å². The molecule has 0 aliphatic heterocycles. The summed E-state index contributed by atoms with van der Waals surface area (Å²) in [6.45, 7) is 6.79. The Labute approximate surface area is 76.5 Å². The third-order valence-electron chi connectivity index (χ3n) is 3.45. The number of hydrogen-bond acceptors (Lipinski definition) is 1. The highest BCUT2D eigenvalue weighted by molar-refractivity contribution is 4.83. The average Bonchev–Trinajstić information content (AvgIpc) is 2.05. The Morgan fingerprint density at radius 1 is 1.25 bits per heavy atom. The molecule has 0 amide bonds. The fourth-order valence-corrected chi connectivity index (χ4v) is 2.23. The van der Waals surface area contributed by atoms with Crippen LogP contribution in [0.3, 0.4) is 0 Å². The molecule has 72 valence electrons. The summed E-state index contributed by atoms with van der Waals surface area (Å²) >= 11 is 0. The van der Waals surface area contributed by atoms with Crippen LogP contribution < -0.4 is 0 Å². The average molecular weight is 170 g/mol. The van der Waals surface area contributed by atoms with E-state index in [9.17, 15) is 0 Å². The number of hydrogen-bond donors (Lipinski definition) is 0. The molecule has 0 radical (unpaired) electrons. The number of rotatable bonds is 2. The van der Waals surface area contributed by atoms with Gasteiger partial charge >= 0.3 is 0 Å². The third kappa shape index (κ3) is 2.22. The van der Waals surface area contributed by atoms with E-state index in [1.165, 1.54) is 25.7 Å². The molecule has 1 fully saturated rings. The summed E-state index contributed by atoms with van der Waals surface area (Å²) in [6, 6.07) is 0. The van der Waals surface area contributed by atoms with Gasteiger partial charge < -0.3 is 4.74 Å². The maximum atomic E-state index is 5.53. The minimum absolute atomic E-state index is 0.0919. The molecule has 2 atom stereocenters. The van der Waals surface area contributed by atoms with E-state index in [0.29, 0.717) is 0 Å². The first-order valence-electron chi connectivity index (χ1n) is 5.11. The monoisotopic (exact) mass is 170 g/mol. The van der Waals surface area contributed by atoms with Gasteiger partial charge in [-0.05, 0) is 38.5 Å². The second-order valence-corrected chi connectivity index (χ2v) is 4.78. The summed E-state index contributed by atoms with van der Waals surface area (Å²) in [4.78, 5) is 0. The van der Waals surface area contributed by atoms with Gasteiger partial charge in [-0.25, -0.2) is 0 Å². The third-order valence-corrected chi connectivity index (χ3v) is 3.45. The molecular formula is C11H22O. The summed E-state index contributed by atoms with van der Waals surface area (Å²) in [5.41, 5.74) is 0.0919. The second kappa shape index (κ2) is 3.78. The molecule has 0 aromatic carbocycles. The van der Waals surface area contributed by atoms with Crippen LogP contribution in [0.5, 0.6) is 0 Å². The van der Waals surface area contributed by atoms with Crippen LogP contribution in [0.1, 0.15) is 46.5 Å². The first-order chi connectivity index (χ1) is 5.56. The molecule has 0 aromatic heterocycles. The van der Waals surface area contributed by atoms with Gasteiger partial charge in [-0.3, -0.25) is 0 Å². The maximum absolute atomic E-state index is 5.53. The van der Waals surface area contributed by atoms with E-state index >= 15 is 0 Å². The Bertz CT molecular complexity index is 140. The van der Waals surface area contributed by atoms with Crippen molar-refractivity contribution in [3.63, 3.8) is 0 Å². The molecule has 2 unspecified atom stereocenters. The van der Waals surface area contributed by atoms with Crippen molar-refractivity contribution in [3.8, 4) is 0 Å². The van der Waals surface area contributed by atoms with Crippen molar-refractivity contribution in [1.82, 2.24) is 0 Å². The van der Waals surface area contributed by atoms with Crippen molar-refractivity contribution >= 4 is 0 Å². The summed E-state index contributed by atoms with van der Waals surface area (Å²) in [5.74, 6) is 1.67. The lowest BCUT2D eigenvalue weighted by Crippen LogP contribution is -2.36. The summed E-state index contributed by atoms with van der Waals surface area (Å²) in [6.07, 6.45) is 5.50. The van der Waals surface area contributed by atoms with Gasteiger partial charge in [0.05, 0.1) is 5.60 Å². The highest BCUT2D eigenvalue weighted by Crippen LogP contribution is 2.36. The molecule has 0 spiro atoms. The maximum Gasteiger partial charge on any atom is 0.0650 e. The SMILES string of the molecule is COC(C)(C)C1CCCC(C)C1. The Balaban J connectivity index is 2.50. The molecule has 1 aliphatic carbocycles. The smallest absolute Gasteiger partial charge is 0.0650 e. The lowest BCUT2D eigenvalue weighted by Gasteiger charge is -2.38. The van der Waals surface area contributed by atoms with Crippen LogP contribution in [0.15, 0.2) is 0 Å². The first kappa shape index (κ1) is 10.0. The Morgan fingerprint density at radius 2 is 1.92 bits per heavy atom. The largest absolute Gasteiger partial charge is 0.379 e. The van der Waals surface area contributed by atoms with E-state index in [2.05, 4.69) is 20.8 Å². The van der Waals surface area contributed by atoms with Crippen LogP contribution in [0, 0.1) is 11.8 Å². The lowest BCUT2D eigenvalue weighted by molar-refractivity contribution is -0.0461. The van der Waals surface area contributed by atoms with E-state index < -0.39 is 0 Å². The molecule has 12 heavy (non-hydrogen) atoms. The molecular weight excluding hydrogens is 148 g/mol. The zero-order chi connectivity index (χ0) is 9.19. The minimum atomic E-state index is 0.0919. The van der Waals surface area contributed by atoms with Crippen LogP contribution in [0.4, 0.5) is 0 Å². The van der Waals surface area contributed by atoms with Crippen LogP contribution >= 0.6 is 0 Å². The van der Waals surface area contributed by atoms with Crippen molar-refractivity contribution < 1.29 is 4.74 Å². The van der Waals surface area contributed by atoms with Gasteiger partial charge in [0, 0.05) is 7.11 Å². The lowest BCUT2D eigenvalue weighted by atomic mass is 9.74.